The molecule has 0 bridgehead atoms. The Morgan fingerprint density at radius 1 is 1.73 bits per heavy atom. The van der Waals surface area contributed by atoms with Crippen molar-refractivity contribution in [3.05, 3.63) is 11.8 Å². The van der Waals surface area contributed by atoms with Crippen LogP contribution in [0, 0.1) is 0 Å². The van der Waals surface area contributed by atoms with Gasteiger partial charge in [-0.15, -0.1) is 0 Å². The van der Waals surface area contributed by atoms with Crippen LogP contribution in [-0.4, -0.2) is 18.6 Å². The number of primary sulfonamides is 1. The first kappa shape index (κ1) is 8.22. The summed E-state index contributed by atoms with van der Waals surface area (Å²) in [5, 5.41) is 10.8. The Hall–Kier alpha value is -0.880. The zero-order valence-corrected chi connectivity index (χ0v) is 6.85. The zero-order chi connectivity index (χ0) is 8.48. The molecule has 0 aliphatic heterocycles. The van der Waals surface area contributed by atoms with E-state index in [1.54, 1.807) is 0 Å². The van der Waals surface area contributed by atoms with E-state index in [1.807, 2.05) is 6.92 Å². The summed E-state index contributed by atoms with van der Waals surface area (Å²) in [6.45, 7) is 1.83. The molecule has 0 spiro atoms. The number of sulfonamides is 1. The highest BCUT2D eigenvalue weighted by atomic mass is 32.2. The molecule has 0 saturated heterocycles. The number of nitrogens with zero attached hydrogens (tertiary/aromatic N) is 1. The van der Waals surface area contributed by atoms with E-state index in [1.165, 1.54) is 6.20 Å². The lowest BCUT2D eigenvalue weighted by Crippen LogP contribution is -2.14. The van der Waals surface area contributed by atoms with Crippen LogP contribution in [0.4, 0.5) is 0 Å². The molecule has 62 valence electrons. The molecule has 6 heteroatoms. The first-order chi connectivity index (χ1) is 5.05. The number of aromatic nitrogens is 2. The summed E-state index contributed by atoms with van der Waals surface area (Å²) < 4.78 is 21.6. The summed E-state index contributed by atoms with van der Waals surface area (Å²) >= 11 is 0. The van der Waals surface area contributed by atoms with Crippen molar-refractivity contribution >= 4 is 10.0 Å². The molecule has 1 aromatic heterocycles. The second-order valence-electron chi connectivity index (χ2n) is 2.12. The van der Waals surface area contributed by atoms with Crippen LogP contribution in [0.15, 0.2) is 11.2 Å². The van der Waals surface area contributed by atoms with Crippen molar-refractivity contribution in [3.63, 3.8) is 0 Å². The molecule has 0 fully saturated rings. The molecule has 0 atom stereocenters. The van der Waals surface area contributed by atoms with Crippen LogP contribution in [0.1, 0.15) is 12.5 Å². The van der Waals surface area contributed by atoms with Crippen molar-refractivity contribution in [2.24, 2.45) is 5.14 Å². The summed E-state index contributed by atoms with van der Waals surface area (Å²) in [4.78, 5) is 0. The van der Waals surface area contributed by atoms with Crippen LogP contribution in [0.3, 0.4) is 0 Å². The Morgan fingerprint density at radius 2 is 2.36 bits per heavy atom. The third kappa shape index (κ3) is 1.58. The molecule has 0 aliphatic carbocycles. The molecule has 11 heavy (non-hydrogen) atoms. The van der Waals surface area contributed by atoms with Crippen LogP contribution in [0.5, 0.6) is 0 Å². The number of aromatic amines is 1. The average molecular weight is 175 g/mol. The van der Waals surface area contributed by atoms with Crippen molar-refractivity contribution < 1.29 is 8.42 Å². The third-order valence-electron chi connectivity index (χ3n) is 1.34. The minimum Gasteiger partial charge on any atom is -0.266 e. The van der Waals surface area contributed by atoms with Crippen molar-refractivity contribution in [1.29, 1.82) is 0 Å². The Labute approximate surface area is 64.7 Å². The summed E-state index contributed by atoms with van der Waals surface area (Å²) in [7, 11) is -3.62. The van der Waals surface area contributed by atoms with E-state index in [4.69, 9.17) is 5.14 Å². The molecule has 1 aromatic rings. The second-order valence-corrected chi connectivity index (χ2v) is 3.62. The standard InChI is InChI=1S/C5H9N3O2S/c1-2-4-3-7-8-5(4)11(6,9)10/h3H,2H2,1H3,(H,7,8)(H2,6,9,10). The largest absolute Gasteiger partial charge is 0.266 e. The number of rotatable bonds is 2. The fraction of sp³-hybridized carbons (Fsp3) is 0.400. The minimum atomic E-state index is -3.62. The first-order valence-electron chi connectivity index (χ1n) is 3.10. The molecule has 0 saturated carbocycles. The first-order valence-corrected chi connectivity index (χ1v) is 4.65. The fourth-order valence-corrected chi connectivity index (χ4v) is 1.54. The molecule has 0 aromatic carbocycles. The summed E-state index contributed by atoms with van der Waals surface area (Å²) in [5.41, 5.74) is 0.618. The topological polar surface area (TPSA) is 88.8 Å². The highest BCUT2D eigenvalue weighted by Crippen LogP contribution is 2.09. The number of H-pyrrole nitrogens is 1. The zero-order valence-electron chi connectivity index (χ0n) is 6.03. The van der Waals surface area contributed by atoms with Crippen LogP contribution in [0.25, 0.3) is 0 Å². The maximum atomic E-state index is 10.8. The third-order valence-corrected chi connectivity index (χ3v) is 2.27. The lowest BCUT2D eigenvalue weighted by Gasteiger charge is -1.94. The highest BCUT2D eigenvalue weighted by Gasteiger charge is 2.13. The van der Waals surface area contributed by atoms with Crippen molar-refractivity contribution in [2.45, 2.75) is 18.4 Å². The molecule has 3 N–H and O–H groups in total. The Bertz CT molecular complexity index is 340. The SMILES string of the molecule is CCc1cn[nH]c1S(N)(=O)=O. The van der Waals surface area contributed by atoms with Gasteiger partial charge in [-0.2, -0.15) is 5.10 Å². The van der Waals surface area contributed by atoms with E-state index in [2.05, 4.69) is 10.2 Å². The lowest BCUT2D eigenvalue weighted by molar-refractivity contribution is 0.592. The van der Waals surface area contributed by atoms with E-state index < -0.39 is 10.0 Å². The van der Waals surface area contributed by atoms with Crippen molar-refractivity contribution in [2.75, 3.05) is 0 Å². The van der Waals surface area contributed by atoms with Crippen LogP contribution in [-0.2, 0) is 16.4 Å². The predicted molar refractivity (Wildman–Crippen MR) is 39.3 cm³/mol. The van der Waals surface area contributed by atoms with E-state index >= 15 is 0 Å². The van der Waals surface area contributed by atoms with Crippen molar-refractivity contribution in [3.8, 4) is 0 Å². The molecule has 0 unspecified atom stereocenters. The number of nitrogens with two attached hydrogens (primary N) is 1. The molecule has 5 nitrogen and oxygen atoms in total. The minimum absolute atomic E-state index is 0.0139. The summed E-state index contributed by atoms with van der Waals surface area (Å²) in [5.74, 6) is 0. The van der Waals surface area contributed by atoms with Gasteiger partial charge in [0.2, 0.25) is 0 Å². The fourth-order valence-electron chi connectivity index (χ4n) is 0.797. The van der Waals surface area contributed by atoms with Gasteiger partial charge in [0.1, 0.15) is 0 Å². The Kier molecular flexibility index (Phi) is 1.97. The van der Waals surface area contributed by atoms with Gasteiger partial charge < -0.3 is 0 Å². The summed E-state index contributed by atoms with van der Waals surface area (Å²) in [6.07, 6.45) is 2.06. The van der Waals surface area contributed by atoms with Gasteiger partial charge in [0.15, 0.2) is 5.03 Å². The molecule has 1 rings (SSSR count). The van der Waals surface area contributed by atoms with Crippen LogP contribution < -0.4 is 5.14 Å². The van der Waals surface area contributed by atoms with Gasteiger partial charge in [0, 0.05) is 5.56 Å². The van der Waals surface area contributed by atoms with Gasteiger partial charge in [-0.05, 0) is 6.42 Å². The Balaban J connectivity index is 3.24. The smallest absolute Gasteiger partial charge is 0.255 e. The van der Waals surface area contributed by atoms with Gasteiger partial charge in [-0.1, -0.05) is 6.92 Å². The predicted octanol–water partition coefficient (Wildman–Crippen LogP) is -0.381. The quantitative estimate of drug-likeness (QED) is 0.642. The van der Waals surface area contributed by atoms with E-state index in [0.717, 1.165) is 0 Å². The van der Waals surface area contributed by atoms with Crippen molar-refractivity contribution in [1.82, 2.24) is 10.2 Å². The molecule has 0 aliphatic rings. The van der Waals surface area contributed by atoms with Crippen LogP contribution >= 0.6 is 0 Å². The normalized spacial score (nSPS) is 11.8. The summed E-state index contributed by atoms with van der Waals surface area (Å²) in [6, 6.07) is 0. The maximum Gasteiger partial charge on any atom is 0.255 e. The highest BCUT2D eigenvalue weighted by molar-refractivity contribution is 7.89. The molecular formula is C5H9N3O2S. The second kappa shape index (κ2) is 2.63. The maximum absolute atomic E-state index is 10.8. The van der Waals surface area contributed by atoms with Gasteiger partial charge >= 0.3 is 0 Å². The van der Waals surface area contributed by atoms with E-state index in [0.29, 0.717) is 12.0 Å². The Morgan fingerprint density at radius 3 is 2.73 bits per heavy atom. The van der Waals surface area contributed by atoms with Gasteiger partial charge in [0.25, 0.3) is 10.0 Å². The molecule has 1 heterocycles. The van der Waals surface area contributed by atoms with Gasteiger partial charge in [-0.25, -0.2) is 13.6 Å². The molecular weight excluding hydrogens is 166 g/mol. The van der Waals surface area contributed by atoms with Gasteiger partial charge in [-0.3, -0.25) is 5.10 Å². The number of aryl methyl sites for hydroxylation is 1. The number of nitrogens with one attached hydrogen (secondary N) is 1. The molecule has 0 amide bonds. The number of hydrogen-bond acceptors (Lipinski definition) is 3. The lowest BCUT2D eigenvalue weighted by atomic mass is 10.3. The van der Waals surface area contributed by atoms with E-state index in [-0.39, 0.29) is 5.03 Å². The van der Waals surface area contributed by atoms with Crippen LogP contribution in [0.2, 0.25) is 0 Å². The average Bonchev–Trinajstić information content (AvgIpc) is 2.31. The molecule has 0 radical (unpaired) electrons. The van der Waals surface area contributed by atoms with E-state index in [9.17, 15) is 8.42 Å². The number of hydrogen-bond donors (Lipinski definition) is 2. The van der Waals surface area contributed by atoms with Gasteiger partial charge in [0.05, 0.1) is 6.20 Å². The monoisotopic (exact) mass is 175 g/mol.